The van der Waals surface area contributed by atoms with Gasteiger partial charge in [0.05, 0.1) is 20.0 Å². The van der Waals surface area contributed by atoms with E-state index in [1.54, 1.807) is 48.0 Å². The smallest absolute Gasteiger partial charge is 0.283 e. The summed E-state index contributed by atoms with van der Waals surface area (Å²) in [5.41, 5.74) is 3.40. The largest absolute Gasteiger partial charge is 0.311 e. The van der Waals surface area contributed by atoms with Crippen LogP contribution in [0, 0.1) is 35.3 Å². The van der Waals surface area contributed by atoms with Gasteiger partial charge in [0.25, 0.3) is 11.2 Å². The minimum Gasteiger partial charge on any atom is -0.311 e. The molecule has 0 amide bonds. The molecule has 2 aromatic heterocycles. The normalized spacial score (nSPS) is 12.2. The summed E-state index contributed by atoms with van der Waals surface area (Å²) in [4.78, 5) is 39.6. The first kappa shape index (κ1) is 31.3. The minimum atomic E-state index is -0.493. The molecule has 2 heterocycles. The molecule has 3 aromatic carbocycles. The highest BCUT2D eigenvalue weighted by Crippen LogP contribution is 2.34. The van der Waals surface area contributed by atoms with Gasteiger partial charge in [-0.3, -0.25) is 24.3 Å². The number of aromatic nitrogens is 4. The first-order chi connectivity index (χ1) is 21.6. The van der Waals surface area contributed by atoms with Crippen molar-refractivity contribution < 1.29 is 9.72 Å². The second kappa shape index (κ2) is 13.3. The van der Waals surface area contributed by atoms with Crippen molar-refractivity contribution in [1.82, 2.24) is 19.3 Å². The number of nitrogens with zero attached hydrogens (tertiary/aromatic N) is 6. The molecule has 0 spiro atoms. The Morgan fingerprint density at radius 3 is 2.51 bits per heavy atom. The summed E-state index contributed by atoms with van der Waals surface area (Å²) < 4.78 is 3.44. The topological polar surface area (TPSA) is 137 Å². The quantitative estimate of drug-likeness (QED) is 0.125. The Balaban J connectivity index is 1.71. The van der Waals surface area contributed by atoms with Crippen LogP contribution in [0.2, 0.25) is 0 Å². The summed E-state index contributed by atoms with van der Waals surface area (Å²) in [5.74, 6) is -0.493. The number of carbonyl (C=O) groups is 1. The van der Waals surface area contributed by atoms with E-state index < -0.39 is 16.3 Å². The number of rotatable bonds is 9. The molecule has 0 aliphatic carbocycles. The molecule has 5 rings (SSSR count). The molecule has 226 valence electrons. The van der Waals surface area contributed by atoms with Crippen LogP contribution in [0.4, 0.5) is 5.69 Å². The van der Waals surface area contributed by atoms with Gasteiger partial charge in [-0.15, -0.1) is 21.5 Å². The monoisotopic (exact) mass is 636 g/mol. The number of thiazole rings is 1. The maximum atomic E-state index is 14.0. The average Bonchev–Trinajstić information content (AvgIpc) is 3.56. The van der Waals surface area contributed by atoms with Gasteiger partial charge in [-0.2, -0.15) is 5.26 Å². The van der Waals surface area contributed by atoms with Gasteiger partial charge < -0.3 is 4.57 Å². The van der Waals surface area contributed by atoms with Crippen molar-refractivity contribution in [3.63, 3.8) is 0 Å². The molecular weight excluding hydrogens is 609 g/mol. The minimum absolute atomic E-state index is 0.158. The van der Waals surface area contributed by atoms with E-state index in [1.807, 2.05) is 38.1 Å². The third-order valence-electron chi connectivity index (χ3n) is 7.07. The van der Waals surface area contributed by atoms with E-state index in [9.17, 15) is 25.0 Å². The number of hydrogen-bond donors (Lipinski definition) is 0. The molecule has 0 aliphatic heterocycles. The summed E-state index contributed by atoms with van der Waals surface area (Å²) in [5, 5.41) is 30.6. The molecule has 0 N–H and O–H groups in total. The highest BCUT2D eigenvalue weighted by molar-refractivity contribution is 7.99. The Hall–Kier alpha value is -5.12. The summed E-state index contributed by atoms with van der Waals surface area (Å²) in [6, 6.07) is 19.4. The summed E-state index contributed by atoms with van der Waals surface area (Å²) in [6.45, 7) is 5.87. The highest BCUT2D eigenvalue weighted by atomic mass is 32.2. The Morgan fingerprint density at radius 2 is 1.89 bits per heavy atom. The van der Waals surface area contributed by atoms with Crippen molar-refractivity contribution >= 4 is 46.2 Å². The molecule has 5 aromatic rings. The Bertz CT molecular complexity index is 2170. The average molecular weight is 637 g/mol. The first-order valence-corrected chi connectivity index (χ1v) is 15.6. The maximum Gasteiger partial charge on any atom is 0.283 e. The second-order valence-corrected chi connectivity index (χ2v) is 12.5. The Labute approximate surface area is 266 Å². The van der Waals surface area contributed by atoms with Gasteiger partial charge in [0.15, 0.2) is 5.16 Å². The van der Waals surface area contributed by atoms with Crippen molar-refractivity contribution in [3.8, 4) is 11.8 Å². The third kappa shape index (κ3) is 6.55. The molecule has 10 nitrogen and oxygen atoms in total. The Kier molecular flexibility index (Phi) is 9.22. The molecule has 0 atom stereocenters. The van der Waals surface area contributed by atoms with E-state index in [0.717, 1.165) is 52.6 Å². The number of Topliss-reactive ketones (excluding diaryl/α,β-unsaturated/α-hetero) is 1. The summed E-state index contributed by atoms with van der Waals surface area (Å²) in [6.07, 6.45) is 4.88. The summed E-state index contributed by atoms with van der Waals surface area (Å²) >= 11 is 2.10. The van der Waals surface area contributed by atoms with E-state index in [1.165, 1.54) is 17.0 Å². The molecule has 0 saturated heterocycles. The Morgan fingerprint density at radius 1 is 1.13 bits per heavy atom. The van der Waals surface area contributed by atoms with E-state index in [0.29, 0.717) is 26.9 Å². The van der Waals surface area contributed by atoms with E-state index >= 15 is 0 Å². The second-order valence-electron chi connectivity index (χ2n) is 10.4. The number of ketones is 1. The van der Waals surface area contributed by atoms with E-state index in [4.69, 9.17) is 0 Å². The molecule has 0 unspecified atom stereocenters. The van der Waals surface area contributed by atoms with Crippen LogP contribution in [-0.2, 0) is 13.5 Å². The van der Waals surface area contributed by atoms with Gasteiger partial charge in [-0.05, 0) is 66.9 Å². The van der Waals surface area contributed by atoms with Crippen molar-refractivity contribution in [2.75, 3.05) is 0 Å². The number of nitro benzene ring substituents is 1. The van der Waals surface area contributed by atoms with Crippen molar-refractivity contribution in [2.24, 2.45) is 7.05 Å². The third-order valence-corrected chi connectivity index (χ3v) is 9.28. The lowest BCUT2D eigenvalue weighted by Gasteiger charge is -2.08. The molecule has 0 aliphatic rings. The lowest BCUT2D eigenvalue weighted by molar-refractivity contribution is -0.387. The molecule has 0 saturated carbocycles. The lowest BCUT2D eigenvalue weighted by Crippen LogP contribution is -2.32. The predicted molar refractivity (Wildman–Crippen MR) is 174 cm³/mol. The number of carbonyl (C=O) groups excluding carboxylic acids is 1. The number of nitro groups is 1. The summed E-state index contributed by atoms with van der Waals surface area (Å²) in [7, 11) is 1.74. The van der Waals surface area contributed by atoms with Crippen molar-refractivity contribution in [3.05, 3.63) is 124 Å². The molecule has 12 heteroatoms. The van der Waals surface area contributed by atoms with Crippen LogP contribution in [0.1, 0.15) is 46.0 Å². The number of benzene rings is 3. The zero-order valence-electron chi connectivity index (χ0n) is 25.0. The van der Waals surface area contributed by atoms with Crippen LogP contribution < -0.4 is 14.8 Å². The maximum absolute atomic E-state index is 14.0. The standard InChI is InChI=1S/C33H28N6O4S2/c1-5-6-22-8-11-24(12-9-22)30(40)25(18-34)32-38(26-13-7-20(2)15-21(26)3)31(41)29(44-32)17-23-10-14-28(27(16-23)39(42)43)45-33-36-35-19-37(33)4/h7-17,19H,5-6H2,1-4H3. The fourth-order valence-corrected chi connectivity index (χ4v) is 6.79. The fraction of sp³-hybridized carbons (Fsp3) is 0.182. The van der Waals surface area contributed by atoms with Crippen LogP contribution in [-0.4, -0.2) is 30.0 Å². The molecule has 45 heavy (non-hydrogen) atoms. The van der Waals surface area contributed by atoms with Crippen LogP contribution >= 0.6 is 23.1 Å². The van der Waals surface area contributed by atoms with Crippen LogP contribution in [0.5, 0.6) is 0 Å². The molecule has 0 radical (unpaired) electrons. The zero-order chi connectivity index (χ0) is 32.2. The number of hydrogen-bond acceptors (Lipinski definition) is 9. The van der Waals surface area contributed by atoms with E-state index in [-0.39, 0.29) is 20.5 Å². The lowest BCUT2D eigenvalue weighted by atomic mass is 10.0. The van der Waals surface area contributed by atoms with E-state index in [2.05, 4.69) is 23.2 Å². The van der Waals surface area contributed by atoms with Crippen LogP contribution in [0.15, 0.2) is 81.8 Å². The molecular formula is C33H28N6O4S2. The van der Waals surface area contributed by atoms with Crippen molar-refractivity contribution in [2.45, 2.75) is 43.7 Å². The molecule has 0 bridgehead atoms. The van der Waals surface area contributed by atoms with Gasteiger partial charge >= 0.3 is 0 Å². The van der Waals surface area contributed by atoms with Crippen molar-refractivity contribution in [1.29, 1.82) is 5.26 Å². The number of nitriles is 1. The molecule has 0 fully saturated rings. The predicted octanol–water partition coefficient (Wildman–Crippen LogP) is 5.04. The van der Waals surface area contributed by atoms with Crippen LogP contribution in [0.3, 0.4) is 0 Å². The zero-order valence-corrected chi connectivity index (χ0v) is 26.6. The first-order valence-electron chi connectivity index (χ1n) is 14.0. The fourth-order valence-electron chi connectivity index (χ4n) is 4.84. The van der Waals surface area contributed by atoms with Gasteiger partial charge in [0.2, 0.25) is 5.78 Å². The number of aryl methyl sites for hydroxylation is 4. The SMILES string of the molecule is CCCc1ccc(C(=O)C(C#N)=c2sc(=Cc3ccc(Sc4nncn4C)c([N+](=O)[O-])c3)c(=O)n2-c2ccc(C)cc2C)cc1. The van der Waals surface area contributed by atoms with Gasteiger partial charge in [0, 0.05) is 18.7 Å². The van der Waals surface area contributed by atoms with Gasteiger partial charge in [-0.25, -0.2) is 0 Å². The highest BCUT2D eigenvalue weighted by Gasteiger charge is 2.21. The van der Waals surface area contributed by atoms with Gasteiger partial charge in [0.1, 0.15) is 22.6 Å². The van der Waals surface area contributed by atoms with Crippen LogP contribution in [0.25, 0.3) is 17.3 Å². The van der Waals surface area contributed by atoms with Gasteiger partial charge in [-0.1, -0.05) is 61.4 Å².